The highest BCUT2D eigenvalue weighted by Crippen LogP contribution is 2.40. The molecule has 0 amide bonds. The predicted molar refractivity (Wildman–Crippen MR) is 144 cm³/mol. The van der Waals surface area contributed by atoms with Crippen molar-refractivity contribution in [2.24, 2.45) is 0 Å². The van der Waals surface area contributed by atoms with E-state index in [2.05, 4.69) is 44.4 Å². The molecule has 3 aromatic rings. The van der Waals surface area contributed by atoms with Crippen molar-refractivity contribution in [3.63, 3.8) is 0 Å². The van der Waals surface area contributed by atoms with Gasteiger partial charge < -0.3 is 20.5 Å². The average molecular weight is 539 g/mol. The van der Waals surface area contributed by atoms with Gasteiger partial charge in [0.2, 0.25) is 5.95 Å². The van der Waals surface area contributed by atoms with E-state index in [-0.39, 0.29) is 42.2 Å². The van der Waals surface area contributed by atoms with E-state index in [1.807, 2.05) is 13.8 Å². The van der Waals surface area contributed by atoms with Crippen LogP contribution in [0.1, 0.15) is 59.2 Å². The van der Waals surface area contributed by atoms with Crippen molar-refractivity contribution < 1.29 is 14.2 Å². The van der Waals surface area contributed by atoms with Crippen molar-refractivity contribution in [3.05, 3.63) is 46.5 Å². The fourth-order valence-corrected chi connectivity index (χ4v) is 6.40. The van der Waals surface area contributed by atoms with Crippen molar-refractivity contribution in [1.82, 2.24) is 29.2 Å². The second kappa shape index (κ2) is 9.30. The molecule has 0 unspecified atom stereocenters. The van der Waals surface area contributed by atoms with E-state index < -0.39 is 11.4 Å². The van der Waals surface area contributed by atoms with Crippen LogP contribution in [-0.2, 0) is 12.1 Å². The second-order valence-corrected chi connectivity index (χ2v) is 11.8. The molecule has 3 aliphatic heterocycles. The van der Waals surface area contributed by atoms with Gasteiger partial charge in [0.05, 0.1) is 25.0 Å². The molecule has 2 fully saturated rings. The Kier molecular flexibility index (Phi) is 6.14. The molecule has 12 heteroatoms. The monoisotopic (exact) mass is 538 g/mol. The van der Waals surface area contributed by atoms with E-state index in [1.165, 1.54) is 28.3 Å². The summed E-state index contributed by atoms with van der Waals surface area (Å²) in [4.78, 5) is 24.3. The van der Waals surface area contributed by atoms with Crippen LogP contribution in [0.2, 0.25) is 0 Å². The number of nitrogens with one attached hydrogen (secondary N) is 2. The number of anilines is 3. The molecule has 208 valence electrons. The van der Waals surface area contributed by atoms with Crippen LogP contribution in [0.15, 0.2) is 29.2 Å². The molecule has 39 heavy (non-hydrogen) atoms. The third-order valence-electron chi connectivity index (χ3n) is 8.05. The van der Waals surface area contributed by atoms with E-state index in [1.54, 1.807) is 18.2 Å². The van der Waals surface area contributed by atoms with Gasteiger partial charge in [-0.05, 0) is 78.1 Å². The van der Waals surface area contributed by atoms with Crippen LogP contribution in [0.5, 0.6) is 5.75 Å². The molecule has 0 radical (unpaired) electrons. The lowest BCUT2D eigenvalue weighted by Gasteiger charge is -2.47. The number of nitrogens with zero attached hydrogens (tertiary/aromatic N) is 6. The summed E-state index contributed by atoms with van der Waals surface area (Å²) in [6, 6.07) is 5.92. The summed E-state index contributed by atoms with van der Waals surface area (Å²) in [5, 5.41) is 20.2. The van der Waals surface area contributed by atoms with Gasteiger partial charge in [0, 0.05) is 23.3 Å². The van der Waals surface area contributed by atoms with Gasteiger partial charge in [-0.3, -0.25) is 4.90 Å². The van der Waals surface area contributed by atoms with Crippen molar-refractivity contribution in [1.29, 1.82) is 0 Å². The Labute approximate surface area is 226 Å². The van der Waals surface area contributed by atoms with Crippen LogP contribution in [0.4, 0.5) is 21.8 Å². The van der Waals surface area contributed by atoms with Crippen LogP contribution in [0.3, 0.4) is 0 Å². The minimum atomic E-state index is -0.842. The molecular weight excluding hydrogens is 503 g/mol. The largest absolute Gasteiger partial charge is 0.478 e. The summed E-state index contributed by atoms with van der Waals surface area (Å²) in [7, 11) is 0. The Morgan fingerprint density at radius 2 is 2.08 bits per heavy atom. The normalized spacial score (nSPS) is 22.9. The highest BCUT2D eigenvalue weighted by atomic mass is 19.1. The quantitative estimate of drug-likeness (QED) is 0.434. The standard InChI is InChI=1S/C27H35FN8O3/c1-26(2)14-17(12-18-6-5-9-34(18)26)30-22-19(28)15-29-24(32-22)31-16-7-8-21-20(13-16)36-23(27(3,4)39-21)33-35(10-11-37)25(36)38/h7-8,13,15,17-18,37H,5-6,9-12,14H2,1-4H3,(H2,29,30,31,32)/t17-,18+/m1/s1. The molecule has 2 saturated heterocycles. The molecule has 0 aliphatic carbocycles. The Bertz CT molecular complexity index is 1470. The smallest absolute Gasteiger partial charge is 0.350 e. The first-order valence-corrected chi connectivity index (χ1v) is 13.5. The van der Waals surface area contributed by atoms with Gasteiger partial charge in [-0.1, -0.05) is 0 Å². The first-order valence-electron chi connectivity index (χ1n) is 13.5. The van der Waals surface area contributed by atoms with Crippen LogP contribution < -0.4 is 21.1 Å². The zero-order chi connectivity index (χ0) is 27.5. The number of benzene rings is 1. The first-order chi connectivity index (χ1) is 18.6. The molecule has 6 rings (SSSR count). The molecule has 0 bridgehead atoms. The number of rotatable bonds is 6. The van der Waals surface area contributed by atoms with Crippen LogP contribution in [-0.4, -0.2) is 65.1 Å². The minimum Gasteiger partial charge on any atom is -0.478 e. The summed E-state index contributed by atoms with van der Waals surface area (Å²) in [6.07, 6.45) is 5.40. The lowest BCUT2D eigenvalue weighted by Crippen LogP contribution is -2.55. The number of hydrogen-bond donors (Lipinski definition) is 3. The Morgan fingerprint density at radius 1 is 1.26 bits per heavy atom. The number of aromatic nitrogens is 5. The fraction of sp³-hybridized carbons (Fsp3) is 0.556. The Balaban J connectivity index is 1.26. The Morgan fingerprint density at radius 3 is 2.87 bits per heavy atom. The van der Waals surface area contributed by atoms with Gasteiger partial charge in [0.1, 0.15) is 5.75 Å². The van der Waals surface area contributed by atoms with Gasteiger partial charge in [-0.2, -0.15) is 10.1 Å². The lowest BCUT2D eigenvalue weighted by atomic mass is 9.84. The fourth-order valence-electron chi connectivity index (χ4n) is 6.40. The molecule has 11 nitrogen and oxygen atoms in total. The third-order valence-corrected chi connectivity index (χ3v) is 8.05. The van der Waals surface area contributed by atoms with Crippen LogP contribution in [0.25, 0.3) is 5.69 Å². The van der Waals surface area contributed by atoms with Crippen molar-refractivity contribution >= 4 is 17.5 Å². The molecule has 3 aliphatic rings. The van der Waals surface area contributed by atoms with E-state index in [4.69, 9.17) is 4.74 Å². The number of halogens is 1. The molecule has 3 N–H and O–H groups in total. The van der Waals surface area contributed by atoms with E-state index in [0.717, 1.165) is 19.4 Å². The maximum Gasteiger partial charge on any atom is 0.350 e. The summed E-state index contributed by atoms with van der Waals surface area (Å²) >= 11 is 0. The number of ether oxygens (including phenoxy) is 1. The molecule has 2 atom stereocenters. The van der Waals surface area contributed by atoms with Crippen molar-refractivity contribution in [2.45, 2.75) is 83.1 Å². The summed E-state index contributed by atoms with van der Waals surface area (Å²) in [5.41, 5.74) is -0.0541. The van der Waals surface area contributed by atoms with Crippen LogP contribution in [0, 0.1) is 5.82 Å². The second-order valence-electron chi connectivity index (χ2n) is 11.8. The van der Waals surface area contributed by atoms with Crippen LogP contribution >= 0.6 is 0 Å². The number of piperidine rings is 1. The number of aliphatic hydroxyl groups is 1. The summed E-state index contributed by atoms with van der Waals surface area (Å²) in [6.45, 7) is 9.19. The summed E-state index contributed by atoms with van der Waals surface area (Å²) in [5.74, 6) is 0.864. The van der Waals surface area contributed by atoms with Gasteiger partial charge in [0.25, 0.3) is 0 Å². The van der Waals surface area contributed by atoms with Crippen molar-refractivity contribution in [3.8, 4) is 11.4 Å². The van der Waals surface area contributed by atoms with Gasteiger partial charge >= 0.3 is 5.69 Å². The maximum atomic E-state index is 14.8. The van der Waals surface area contributed by atoms with Crippen molar-refractivity contribution in [2.75, 3.05) is 23.8 Å². The molecule has 0 saturated carbocycles. The van der Waals surface area contributed by atoms with Gasteiger partial charge in [-0.25, -0.2) is 23.4 Å². The molecule has 1 aromatic carbocycles. The lowest BCUT2D eigenvalue weighted by molar-refractivity contribution is 0.0500. The minimum absolute atomic E-state index is 0.0450. The van der Waals surface area contributed by atoms with E-state index in [9.17, 15) is 14.3 Å². The first kappa shape index (κ1) is 25.8. The third kappa shape index (κ3) is 4.55. The Hall–Kier alpha value is -3.51. The van der Waals surface area contributed by atoms with Gasteiger partial charge in [-0.15, -0.1) is 0 Å². The average Bonchev–Trinajstić information content (AvgIpc) is 3.48. The predicted octanol–water partition coefficient (Wildman–Crippen LogP) is 3.14. The zero-order valence-corrected chi connectivity index (χ0v) is 22.7. The zero-order valence-electron chi connectivity index (χ0n) is 22.7. The molecular formula is C27H35FN8O3. The number of aliphatic hydroxyl groups excluding tert-OH is 1. The summed E-state index contributed by atoms with van der Waals surface area (Å²) < 4.78 is 23.7. The topological polar surface area (TPSA) is 122 Å². The van der Waals surface area contributed by atoms with E-state index in [0.29, 0.717) is 29.0 Å². The SMILES string of the molecule is CC1(C)Oc2ccc(Nc3ncc(F)c(N[C@@H]4C[C@@H]5CCCN5C(C)(C)C4)n3)cc2-n2c1nn(CCO)c2=O. The number of hydrogen-bond acceptors (Lipinski definition) is 9. The highest BCUT2D eigenvalue weighted by molar-refractivity contribution is 5.64. The number of fused-ring (bicyclic) bond motifs is 4. The molecule has 2 aromatic heterocycles. The molecule has 5 heterocycles. The van der Waals surface area contributed by atoms with Gasteiger partial charge in [0.15, 0.2) is 23.1 Å². The maximum absolute atomic E-state index is 14.8. The van der Waals surface area contributed by atoms with E-state index >= 15 is 0 Å². The molecule has 0 spiro atoms. The highest BCUT2D eigenvalue weighted by Gasteiger charge is 2.43.